The number of aromatic nitrogens is 5. The van der Waals surface area contributed by atoms with Crippen LogP contribution in [-0.4, -0.2) is 48.7 Å². The van der Waals surface area contributed by atoms with Gasteiger partial charge in [-0.25, -0.2) is 4.68 Å². The Balaban J connectivity index is 1.50. The molecule has 1 saturated heterocycles. The molecule has 1 fully saturated rings. The molecular weight excluding hydrogens is 304 g/mol. The van der Waals surface area contributed by atoms with Crippen LogP contribution in [0.25, 0.3) is 5.69 Å². The van der Waals surface area contributed by atoms with Gasteiger partial charge in [-0.1, -0.05) is 23.4 Å². The first-order chi connectivity index (χ1) is 11.8. The quantitative estimate of drug-likeness (QED) is 0.739. The summed E-state index contributed by atoms with van der Waals surface area (Å²) < 4.78 is 3.56. The second-order valence-electron chi connectivity index (χ2n) is 5.92. The zero-order valence-electron chi connectivity index (χ0n) is 13.2. The van der Waals surface area contributed by atoms with Crippen molar-refractivity contribution in [1.82, 2.24) is 29.7 Å². The van der Waals surface area contributed by atoms with E-state index in [4.69, 9.17) is 0 Å². The molecule has 1 aliphatic heterocycles. The van der Waals surface area contributed by atoms with E-state index < -0.39 is 0 Å². The van der Waals surface area contributed by atoms with Gasteiger partial charge < -0.3 is 4.90 Å². The number of rotatable bonds is 3. The molecule has 0 radical (unpaired) electrons. The summed E-state index contributed by atoms with van der Waals surface area (Å²) in [7, 11) is 0. The van der Waals surface area contributed by atoms with Crippen LogP contribution in [0.1, 0.15) is 29.4 Å². The molecule has 24 heavy (non-hydrogen) atoms. The lowest BCUT2D eigenvalue weighted by Gasteiger charge is -2.32. The fourth-order valence-corrected chi connectivity index (χ4v) is 3.08. The van der Waals surface area contributed by atoms with Gasteiger partial charge in [-0.05, 0) is 31.0 Å². The highest BCUT2D eigenvalue weighted by Gasteiger charge is 2.27. The highest BCUT2D eigenvalue weighted by molar-refractivity contribution is 5.92. The van der Waals surface area contributed by atoms with Gasteiger partial charge in [0, 0.05) is 25.5 Å². The molecule has 2 aromatic heterocycles. The Kier molecular flexibility index (Phi) is 3.82. The van der Waals surface area contributed by atoms with Crippen LogP contribution >= 0.6 is 0 Å². The second-order valence-corrected chi connectivity index (χ2v) is 5.92. The molecule has 1 amide bonds. The van der Waals surface area contributed by atoms with E-state index in [-0.39, 0.29) is 11.9 Å². The van der Waals surface area contributed by atoms with E-state index in [0.717, 1.165) is 25.1 Å². The average Bonchev–Trinajstić information content (AvgIpc) is 3.34. The van der Waals surface area contributed by atoms with E-state index in [2.05, 4.69) is 15.4 Å². The highest BCUT2D eigenvalue weighted by Crippen LogP contribution is 2.21. The van der Waals surface area contributed by atoms with E-state index in [0.29, 0.717) is 12.2 Å². The van der Waals surface area contributed by atoms with Crippen molar-refractivity contribution >= 4 is 5.91 Å². The first kappa shape index (κ1) is 14.6. The normalized spacial score (nSPS) is 17.8. The largest absolute Gasteiger partial charge is 0.335 e. The maximum Gasteiger partial charge on any atom is 0.276 e. The molecule has 0 N–H and O–H groups in total. The Morgan fingerprint density at radius 3 is 2.83 bits per heavy atom. The van der Waals surface area contributed by atoms with Gasteiger partial charge in [0.1, 0.15) is 0 Å². The number of benzene rings is 1. The van der Waals surface area contributed by atoms with Crippen molar-refractivity contribution < 1.29 is 4.79 Å². The monoisotopic (exact) mass is 322 g/mol. The molecule has 0 saturated carbocycles. The van der Waals surface area contributed by atoms with Crippen LogP contribution in [0, 0.1) is 0 Å². The van der Waals surface area contributed by atoms with Crippen LogP contribution in [0.15, 0.2) is 55.0 Å². The molecule has 0 bridgehead atoms. The van der Waals surface area contributed by atoms with Crippen LogP contribution in [0.5, 0.6) is 0 Å². The molecule has 0 aliphatic carbocycles. The summed E-state index contributed by atoms with van der Waals surface area (Å²) in [5.41, 5.74) is 1.26. The standard InChI is InChI=1S/C17H18N6O/c24-17(16-13-23(20-19-16)14-6-2-1-3-7-14)21-10-4-8-15(12-21)22-11-5-9-18-22/h1-3,5-7,9,11,13,15H,4,8,10,12H2/t15-/m0/s1. The number of carbonyl (C=O) groups excluding carboxylic acids is 1. The van der Waals surface area contributed by atoms with Crippen molar-refractivity contribution in [3.63, 3.8) is 0 Å². The molecule has 1 atom stereocenters. The Morgan fingerprint density at radius 1 is 1.17 bits per heavy atom. The van der Waals surface area contributed by atoms with Gasteiger partial charge in [-0.3, -0.25) is 9.48 Å². The lowest BCUT2D eigenvalue weighted by molar-refractivity contribution is 0.0667. The molecule has 0 unspecified atom stereocenters. The van der Waals surface area contributed by atoms with Gasteiger partial charge in [-0.2, -0.15) is 5.10 Å². The third-order valence-electron chi connectivity index (χ3n) is 4.32. The maximum absolute atomic E-state index is 12.7. The van der Waals surface area contributed by atoms with Crippen LogP contribution in [-0.2, 0) is 0 Å². The molecule has 7 heteroatoms. The number of carbonyl (C=O) groups is 1. The van der Waals surface area contributed by atoms with Crippen molar-refractivity contribution in [3.8, 4) is 5.69 Å². The predicted octanol–water partition coefficient (Wildman–Crippen LogP) is 1.94. The van der Waals surface area contributed by atoms with Gasteiger partial charge in [0.05, 0.1) is 17.9 Å². The number of piperidine rings is 1. The van der Waals surface area contributed by atoms with Crippen molar-refractivity contribution in [3.05, 3.63) is 60.7 Å². The molecule has 4 rings (SSSR count). The smallest absolute Gasteiger partial charge is 0.276 e. The molecule has 0 spiro atoms. The lowest BCUT2D eigenvalue weighted by atomic mass is 10.1. The fourth-order valence-electron chi connectivity index (χ4n) is 3.08. The minimum absolute atomic E-state index is 0.0750. The van der Waals surface area contributed by atoms with Crippen LogP contribution in [0.3, 0.4) is 0 Å². The number of amides is 1. The minimum Gasteiger partial charge on any atom is -0.335 e. The Bertz CT molecular complexity index is 811. The minimum atomic E-state index is -0.0750. The van der Waals surface area contributed by atoms with E-state index >= 15 is 0 Å². The third-order valence-corrected chi connectivity index (χ3v) is 4.32. The first-order valence-electron chi connectivity index (χ1n) is 8.07. The van der Waals surface area contributed by atoms with E-state index in [1.165, 1.54) is 0 Å². The summed E-state index contributed by atoms with van der Waals surface area (Å²) in [5, 5.41) is 12.4. The van der Waals surface area contributed by atoms with E-state index in [1.54, 1.807) is 17.1 Å². The number of para-hydroxylation sites is 1. The van der Waals surface area contributed by atoms with Crippen LogP contribution < -0.4 is 0 Å². The summed E-state index contributed by atoms with van der Waals surface area (Å²) in [6.45, 7) is 1.40. The van der Waals surface area contributed by atoms with Crippen molar-refractivity contribution in [2.45, 2.75) is 18.9 Å². The van der Waals surface area contributed by atoms with Crippen LogP contribution in [0.2, 0.25) is 0 Å². The summed E-state index contributed by atoms with van der Waals surface area (Å²) >= 11 is 0. The topological polar surface area (TPSA) is 68.8 Å². The zero-order chi connectivity index (χ0) is 16.4. The van der Waals surface area contributed by atoms with Gasteiger partial charge in [0.15, 0.2) is 5.69 Å². The lowest BCUT2D eigenvalue weighted by Crippen LogP contribution is -2.41. The highest BCUT2D eigenvalue weighted by atomic mass is 16.2. The molecule has 1 aliphatic rings. The molecular formula is C17H18N6O. The molecule has 122 valence electrons. The van der Waals surface area contributed by atoms with Crippen molar-refractivity contribution in [2.75, 3.05) is 13.1 Å². The second kappa shape index (κ2) is 6.27. The number of hydrogen-bond donors (Lipinski definition) is 0. The fraction of sp³-hybridized carbons (Fsp3) is 0.294. The first-order valence-corrected chi connectivity index (χ1v) is 8.07. The molecule has 1 aromatic carbocycles. The third kappa shape index (κ3) is 2.80. The summed E-state index contributed by atoms with van der Waals surface area (Å²) in [6.07, 6.45) is 7.40. The number of likely N-dealkylation sites (tertiary alicyclic amines) is 1. The van der Waals surface area contributed by atoms with Gasteiger partial charge in [-0.15, -0.1) is 5.10 Å². The van der Waals surface area contributed by atoms with Crippen LogP contribution in [0.4, 0.5) is 0 Å². The van der Waals surface area contributed by atoms with Crippen molar-refractivity contribution in [2.24, 2.45) is 0 Å². The Hall–Kier alpha value is -2.96. The summed E-state index contributed by atoms with van der Waals surface area (Å²) in [6, 6.07) is 11.8. The maximum atomic E-state index is 12.7. The van der Waals surface area contributed by atoms with Gasteiger partial charge in [0.25, 0.3) is 5.91 Å². The Labute approximate surface area is 139 Å². The van der Waals surface area contributed by atoms with Gasteiger partial charge in [0.2, 0.25) is 0 Å². The zero-order valence-corrected chi connectivity index (χ0v) is 13.2. The average molecular weight is 322 g/mol. The summed E-state index contributed by atoms with van der Waals surface area (Å²) in [5.74, 6) is -0.0750. The van der Waals surface area contributed by atoms with Crippen molar-refractivity contribution in [1.29, 1.82) is 0 Å². The van der Waals surface area contributed by atoms with Gasteiger partial charge >= 0.3 is 0 Å². The SMILES string of the molecule is O=C(c1cn(-c2ccccc2)nn1)N1CCC[C@H](n2cccn2)C1. The van der Waals surface area contributed by atoms with E-state index in [1.807, 2.05) is 52.2 Å². The molecule has 3 heterocycles. The number of nitrogens with zero attached hydrogens (tertiary/aromatic N) is 6. The Morgan fingerprint density at radius 2 is 2.04 bits per heavy atom. The number of hydrogen-bond acceptors (Lipinski definition) is 4. The molecule has 3 aromatic rings. The molecule has 7 nitrogen and oxygen atoms in total. The predicted molar refractivity (Wildman–Crippen MR) is 87.8 cm³/mol. The summed E-state index contributed by atoms with van der Waals surface area (Å²) in [4.78, 5) is 14.6. The van der Waals surface area contributed by atoms with E-state index in [9.17, 15) is 4.79 Å².